The number of hydrogen-bond acceptors (Lipinski definition) is 11. The number of carboxylic acid groups (broad SMARTS) is 1. The number of methoxy groups -OCH3 is 2. The summed E-state index contributed by atoms with van der Waals surface area (Å²) in [5, 5.41) is 21.8. The summed E-state index contributed by atoms with van der Waals surface area (Å²) >= 11 is 0. The molecule has 0 radical (unpaired) electrons. The molecule has 0 atom stereocenters. The standard InChI is InChI=1S/C27H36N6O3.C7H6O3/c1-31-10-12-33(13-11-31)21-6-4-20(5-7-21)26-29-23-19-25(35-3)24(34-2)18-22(23)27(30-26)28-8-9-32-14-16-36-17-15-32;8-6-4-2-1-3-5(6)7(9)10/h4-7,18-19H,8-17H2,1-3H3,(H,28,29,30);1-4,8H,(H,9,10). The van der Waals surface area contributed by atoms with Gasteiger partial charge in [0.15, 0.2) is 17.3 Å². The predicted octanol–water partition coefficient (Wildman–Crippen LogP) is 3.90. The van der Waals surface area contributed by atoms with Gasteiger partial charge in [-0.1, -0.05) is 12.1 Å². The van der Waals surface area contributed by atoms with Crippen LogP contribution in [0, 0.1) is 0 Å². The van der Waals surface area contributed by atoms with E-state index in [9.17, 15) is 4.79 Å². The molecule has 4 aromatic rings. The van der Waals surface area contributed by atoms with Crippen molar-refractivity contribution in [3.05, 3.63) is 66.2 Å². The molecule has 0 saturated carbocycles. The SMILES string of the molecule is COc1cc2nc(-c3ccc(N4CCN(C)CC4)cc3)nc(NCCN3CCOCC3)c2cc1OC.O=C(O)c1ccccc1O. The van der Waals surface area contributed by atoms with Crippen LogP contribution in [0.1, 0.15) is 10.4 Å². The maximum Gasteiger partial charge on any atom is 0.339 e. The van der Waals surface area contributed by atoms with Gasteiger partial charge in [-0.3, -0.25) is 4.90 Å². The average Bonchev–Trinajstić information content (AvgIpc) is 3.09. The van der Waals surface area contributed by atoms with Crippen LogP contribution in [0.25, 0.3) is 22.3 Å². The van der Waals surface area contributed by atoms with E-state index in [0.717, 1.165) is 87.9 Å². The first-order chi connectivity index (χ1) is 22.4. The minimum Gasteiger partial charge on any atom is -0.507 e. The Morgan fingerprint density at radius 1 is 0.913 bits per heavy atom. The third kappa shape index (κ3) is 8.13. The molecule has 0 amide bonds. The van der Waals surface area contributed by atoms with Crippen LogP contribution in [0.5, 0.6) is 17.2 Å². The number of rotatable bonds is 9. The Morgan fingerprint density at radius 2 is 1.59 bits per heavy atom. The lowest BCUT2D eigenvalue weighted by Crippen LogP contribution is -2.44. The molecule has 1 aromatic heterocycles. The molecule has 2 aliphatic rings. The van der Waals surface area contributed by atoms with Crippen LogP contribution in [0.3, 0.4) is 0 Å². The monoisotopic (exact) mass is 630 g/mol. The van der Waals surface area contributed by atoms with E-state index in [1.54, 1.807) is 26.4 Å². The van der Waals surface area contributed by atoms with Crippen molar-refractivity contribution < 1.29 is 29.2 Å². The van der Waals surface area contributed by atoms with E-state index in [4.69, 9.17) is 34.4 Å². The number of ether oxygens (including phenoxy) is 3. The number of likely N-dealkylation sites (N-methyl/N-ethyl adjacent to an activating group) is 1. The van der Waals surface area contributed by atoms with Crippen LogP contribution in [0.15, 0.2) is 60.7 Å². The molecular formula is C34H42N6O6. The topological polar surface area (TPSA) is 133 Å². The van der Waals surface area contributed by atoms with Crippen molar-refractivity contribution in [2.75, 3.05) is 97.1 Å². The van der Waals surface area contributed by atoms with Gasteiger partial charge in [-0.05, 0) is 49.5 Å². The summed E-state index contributed by atoms with van der Waals surface area (Å²) in [7, 11) is 5.46. The summed E-state index contributed by atoms with van der Waals surface area (Å²) in [4.78, 5) is 27.3. The fourth-order valence-electron chi connectivity index (χ4n) is 5.42. The van der Waals surface area contributed by atoms with Crippen LogP contribution in [0.2, 0.25) is 0 Å². The Kier molecular flexibility index (Phi) is 11.1. The third-order valence-corrected chi connectivity index (χ3v) is 8.15. The van der Waals surface area contributed by atoms with Crippen molar-refractivity contribution in [2.24, 2.45) is 0 Å². The van der Waals surface area contributed by atoms with Gasteiger partial charge in [0.2, 0.25) is 0 Å². The molecule has 0 unspecified atom stereocenters. The van der Waals surface area contributed by atoms with Crippen molar-refractivity contribution in [2.45, 2.75) is 0 Å². The molecular weight excluding hydrogens is 588 g/mol. The quantitative estimate of drug-likeness (QED) is 0.248. The van der Waals surface area contributed by atoms with E-state index in [1.807, 2.05) is 12.1 Å². The predicted molar refractivity (Wildman–Crippen MR) is 179 cm³/mol. The number of aromatic carboxylic acids is 1. The number of piperazine rings is 1. The molecule has 46 heavy (non-hydrogen) atoms. The highest BCUT2D eigenvalue weighted by Gasteiger charge is 2.17. The van der Waals surface area contributed by atoms with Crippen LogP contribution in [-0.4, -0.2) is 123 Å². The Balaban J connectivity index is 0.000000356. The molecule has 0 bridgehead atoms. The van der Waals surface area contributed by atoms with E-state index in [1.165, 1.54) is 17.8 Å². The fourth-order valence-corrected chi connectivity index (χ4v) is 5.42. The number of morpholine rings is 1. The first kappa shape index (κ1) is 32.7. The Morgan fingerprint density at radius 3 is 2.22 bits per heavy atom. The molecule has 12 heteroatoms. The van der Waals surface area contributed by atoms with Gasteiger partial charge >= 0.3 is 5.97 Å². The van der Waals surface area contributed by atoms with Crippen molar-refractivity contribution in [3.8, 4) is 28.6 Å². The lowest BCUT2D eigenvalue weighted by atomic mass is 10.1. The van der Waals surface area contributed by atoms with Crippen molar-refractivity contribution in [3.63, 3.8) is 0 Å². The van der Waals surface area contributed by atoms with Gasteiger partial charge in [-0.2, -0.15) is 0 Å². The second kappa shape index (κ2) is 15.6. The van der Waals surface area contributed by atoms with E-state index < -0.39 is 5.97 Å². The van der Waals surface area contributed by atoms with Crippen molar-refractivity contribution in [1.82, 2.24) is 19.8 Å². The lowest BCUT2D eigenvalue weighted by molar-refractivity contribution is 0.0398. The number of carbonyl (C=O) groups is 1. The number of nitrogens with zero attached hydrogens (tertiary/aromatic N) is 5. The van der Waals surface area contributed by atoms with Crippen molar-refractivity contribution in [1.29, 1.82) is 0 Å². The van der Waals surface area contributed by atoms with Gasteiger partial charge in [0, 0.05) is 75.1 Å². The average molecular weight is 631 g/mol. The smallest absolute Gasteiger partial charge is 0.339 e. The number of fused-ring (bicyclic) bond motifs is 1. The van der Waals surface area contributed by atoms with Crippen LogP contribution in [-0.2, 0) is 4.74 Å². The Hall–Kier alpha value is -4.65. The van der Waals surface area contributed by atoms with Crippen LogP contribution in [0.4, 0.5) is 11.5 Å². The molecule has 12 nitrogen and oxygen atoms in total. The number of aromatic nitrogens is 2. The number of hydrogen-bond donors (Lipinski definition) is 3. The zero-order valence-electron chi connectivity index (χ0n) is 26.6. The molecule has 3 N–H and O–H groups in total. The molecule has 2 saturated heterocycles. The van der Waals surface area contributed by atoms with Gasteiger partial charge in [0.25, 0.3) is 0 Å². The number of anilines is 2. The van der Waals surface area contributed by atoms with Gasteiger partial charge in [0.05, 0.1) is 33.0 Å². The highest BCUT2D eigenvalue weighted by molar-refractivity contribution is 5.93. The molecule has 2 fully saturated rings. The number of nitrogens with one attached hydrogen (secondary N) is 1. The minimum atomic E-state index is -1.11. The van der Waals surface area contributed by atoms with Gasteiger partial charge in [-0.25, -0.2) is 14.8 Å². The number of para-hydroxylation sites is 1. The third-order valence-electron chi connectivity index (χ3n) is 8.15. The molecule has 6 rings (SSSR count). The maximum atomic E-state index is 10.3. The molecule has 0 aliphatic carbocycles. The first-order valence-corrected chi connectivity index (χ1v) is 15.4. The normalized spacial score (nSPS) is 15.6. The molecule has 2 aliphatic heterocycles. The Bertz CT molecular complexity index is 1600. The first-order valence-electron chi connectivity index (χ1n) is 15.4. The summed E-state index contributed by atoms with van der Waals surface area (Å²) in [6.45, 7) is 9.47. The lowest BCUT2D eigenvalue weighted by Gasteiger charge is -2.34. The highest BCUT2D eigenvalue weighted by Crippen LogP contribution is 2.35. The summed E-state index contributed by atoms with van der Waals surface area (Å²) in [6, 6.07) is 18.3. The molecule has 3 aromatic carbocycles. The largest absolute Gasteiger partial charge is 0.507 e. The molecule has 244 valence electrons. The Labute approximate surface area is 269 Å². The molecule has 3 heterocycles. The molecule has 0 spiro atoms. The highest BCUT2D eigenvalue weighted by atomic mass is 16.5. The summed E-state index contributed by atoms with van der Waals surface area (Å²) in [5.74, 6) is 1.49. The van der Waals surface area contributed by atoms with E-state index in [2.05, 4.69) is 51.3 Å². The fraction of sp³-hybridized carbons (Fsp3) is 0.382. The summed E-state index contributed by atoms with van der Waals surface area (Å²) < 4.78 is 16.6. The second-order valence-electron chi connectivity index (χ2n) is 11.2. The minimum absolute atomic E-state index is 0.0671. The number of phenols is 1. The van der Waals surface area contributed by atoms with Crippen molar-refractivity contribution >= 4 is 28.4 Å². The van der Waals surface area contributed by atoms with E-state index in [-0.39, 0.29) is 11.3 Å². The van der Waals surface area contributed by atoms with E-state index in [0.29, 0.717) is 17.3 Å². The number of benzene rings is 3. The van der Waals surface area contributed by atoms with Gasteiger partial charge in [-0.15, -0.1) is 0 Å². The zero-order valence-corrected chi connectivity index (χ0v) is 26.6. The maximum absolute atomic E-state index is 10.3. The van der Waals surface area contributed by atoms with E-state index >= 15 is 0 Å². The van der Waals surface area contributed by atoms with Crippen LogP contribution < -0.4 is 19.7 Å². The second-order valence-corrected chi connectivity index (χ2v) is 11.2. The summed E-state index contributed by atoms with van der Waals surface area (Å²) in [6.07, 6.45) is 0. The van der Waals surface area contributed by atoms with Gasteiger partial charge < -0.3 is 39.5 Å². The van der Waals surface area contributed by atoms with Gasteiger partial charge in [0.1, 0.15) is 17.1 Å². The summed E-state index contributed by atoms with van der Waals surface area (Å²) in [5.41, 5.74) is 2.97. The number of aromatic hydroxyl groups is 1. The van der Waals surface area contributed by atoms with Crippen LogP contribution >= 0.6 is 0 Å². The zero-order chi connectivity index (χ0) is 32.5. The number of carboxylic acids is 1.